The number of ether oxygens (including phenoxy) is 2. The standard InChI is InChI=1S/C26H27FN4O5/c1-35-26(34)24-21-10-11-30(12-13-31(21)23(32)15-22(24)36-16-6-2-3-7-16)25(33)20-14-19(28-29-20)17-8-4-5-9-18(17)27/h4-5,8-9,14-16H,2-3,6-7,10-13H2,1H3,(H,28,29). The van der Waals surface area contributed by atoms with Crippen molar-refractivity contribution in [2.45, 2.75) is 44.8 Å². The first-order valence-electron chi connectivity index (χ1n) is 12.1. The molecular weight excluding hydrogens is 467 g/mol. The number of H-pyrrole nitrogens is 1. The van der Waals surface area contributed by atoms with Crippen LogP contribution in [0, 0.1) is 5.82 Å². The molecule has 3 aromatic rings. The number of benzene rings is 1. The number of fused-ring (bicyclic) bond motifs is 1. The number of amides is 1. The summed E-state index contributed by atoms with van der Waals surface area (Å²) >= 11 is 0. The summed E-state index contributed by atoms with van der Waals surface area (Å²) in [5.41, 5.74) is 1.27. The molecule has 1 amide bonds. The van der Waals surface area contributed by atoms with E-state index in [9.17, 15) is 18.8 Å². The van der Waals surface area contributed by atoms with Crippen molar-refractivity contribution < 1.29 is 23.5 Å². The van der Waals surface area contributed by atoms with E-state index < -0.39 is 11.8 Å². The number of aromatic nitrogens is 3. The lowest BCUT2D eigenvalue weighted by molar-refractivity contribution is 0.0590. The Morgan fingerprint density at radius 2 is 1.89 bits per heavy atom. The highest BCUT2D eigenvalue weighted by Crippen LogP contribution is 2.29. The predicted octanol–water partition coefficient (Wildman–Crippen LogP) is 3.18. The Balaban J connectivity index is 1.41. The van der Waals surface area contributed by atoms with Crippen molar-refractivity contribution in [3.8, 4) is 17.0 Å². The Kier molecular flexibility index (Phi) is 6.58. The number of carbonyl (C=O) groups is 2. The number of nitrogens with zero attached hydrogens (tertiary/aromatic N) is 3. The average Bonchev–Trinajstić information content (AvgIpc) is 3.52. The number of rotatable bonds is 5. The zero-order chi connectivity index (χ0) is 25.2. The van der Waals surface area contributed by atoms with Gasteiger partial charge in [-0.3, -0.25) is 14.7 Å². The maximum atomic E-state index is 14.1. The Morgan fingerprint density at radius 1 is 1.11 bits per heavy atom. The average molecular weight is 495 g/mol. The number of esters is 1. The number of methoxy groups -OCH3 is 1. The molecule has 0 bridgehead atoms. The van der Waals surface area contributed by atoms with Crippen molar-refractivity contribution in [1.82, 2.24) is 19.7 Å². The molecule has 0 spiro atoms. The number of carbonyl (C=O) groups excluding carboxylic acids is 2. The van der Waals surface area contributed by atoms with Gasteiger partial charge in [-0.1, -0.05) is 12.1 Å². The molecule has 1 aliphatic heterocycles. The zero-order valence-corrected chi connectivity index (χ0v) is 20.0. The van der Waals surface area contributed by atoms with Gasteiger partial charge in [0.05, 0.1) is 18.9 Å². The summed E-state index contributed by atoms with van der Waals surface area (Å²) in [4.78, 5) is 40.6. The molecular formula is C26H27FN4O5. The molecule has 2 aliphatic rings. The molecule has 1 N–H and O–H groups in total. The van der Waals surface area contributed by atoms with Crippen molar-refractivity contribution in [3.05, 3.63) is 69.5 Å². The Bertz CT molecular complexity index is 1360. The number of nitrogens with one attached hydrogen (secondary N) is 1. The number of aromatic amines is 1. The molecule has 0 atom stereocenters. The largest absolute Gasteiger partial charge is 0.489 e. The maximum absolute atomic E-state index is 14.1. The molecule has 0 unspecified atom stereocenters. The quantitative estimate of drug-likeness (QED) is 0.546. The highest BCUT2D eigenvalue weighted by Gasteiger charge is 2.30. The van der Waals surface area contributed by atoms with Crippen LogP contribution in [0.15, 0.2) is 41.2 Å². The highest BCUT2D eigenvalue weighted by atomic mass is 19.1. The van der Waals surface area contributed by atoms with Crippen molar-refractivity contribution in [3.63, 3.8) is 0 Å². The first-order valence-corrected chi connectivity index (χ1v) is 12.1. The third-order valence-corrected chi connectivity index (χ3v) is 6.82. The second-order valence-corrected chi connectivity index (χ2v) is 9.02. The second kappa shape index (κ2) is 9.96. The van der Waals surface area contributed by atoms with Gasteiger partial charge >= 0.3 is 5.97 Å². The van der Waals surface area contributed by atoms with Crippen LogP contribution in [0.25, 0.3) is 11.3 Å². The first kappa shape index (κ1) is 23.8. The molecule has 1 saturated carbocycles. The van der Waals surface area contributed by atoms with Gasteiger partial charge in [0.15, 0.2) is 0 Å². The van der Waals surface area contributed by atoms with E-state index in [4.69, 9.17) is 9.47 Å². The maximum Gasteiger partial charge on any atom is 0.343 e. The van der Waals surface area contributed by atoms with Crippen LogP contribution in [0.2, 0.25) is 0 Å². The molecule has 10 heteroatoms. The molecule has 5 rings (SSSR count). The second-order valence-electron chi connectivity index (χ2n) is 9.02. The minimum atomic E-state index is -0.574. The fraction of sp³-hybridized carbons (Fsp3) is 0.385. The molecule has 36 heavy (non-hydrogen) atoms. The number of pyridine rings is 1. The van der Waals surface area contributed by atoms with E-state index in [2.05, 4.69) is 10.2 Å². The van der Waals surface area contributed by atoms with Gasteiger partial charge < -0.3 is 18.9 Å². The van der Waals surface area contributed by atoms with Gasteiger partial charge in [-0.25, -0.2) is 9.18 Å². The number of hydrogen-bond acceptors (Lipinski definition) is 6. The summed E-state index contributed by atoms with van der Waals surface area (Å²) in [5.74, 6) is -1.09. The van der Waals surface area contributed by atoms with Gasteiger partial charge in [0.25, 0.3) is 11.5 Å². The van der Waals surface area contributed by atoms with Crippen molar-refractivity contribution >= 4 is 11.9 Å². The molecule has 0 radical (unpaired) electrons. The lowest BCUT2D eigenvalue weighted by atomic mass is 10.1. The van der Waals surface area contributed by atoms with Gasteiger partial charge in [-0.2, -0.15) is 5.10 Å². The van der Waals surface area contributed by atoms with E-state index in [1.54, 1.807) is 23.1 Å². The van der Waals surface area contributed by atoms with Crippen LogP contribution < -0.4 is 10.3 Å². The Hall–Kier alpha value is -3.95. The molecule has 9 nitrogen and oxygen atoms in total. The van der Waals surface area contributed by atoms with Gasteiger partial charge in [-0.15, -0.1) is 0 Å². The summed E-state index contributed by atoms with van der Waals surface area (Å²) in [6.45, 7) is 0.731. The van der Waals surface area contributed by atoms with Crippen molar-refractivity contribution in [2.24, 2.45) is 0 Å². The van der Waals surface area contributed by atoms with Crippen molar-refractivity contribution in [2.75, 3.05) is 20.2 Å². The lowest BCUT2D eigenvalue weighted by Crippen LogP contribution is -2.34. The highest BCUT2D eigenvalue weighted by molar-refractivity contribution is 5.94. The third kappa shape index (κ3) is 4.50. The van der Waals surface area contributed by atoms with Crippen LogP contribution in [0.1, 0.15) is 52.2 Å². The molecule has 2 aromatic heterocycles. The molecule has 1 aromatic carbocycles. The summed E-state index contributed by atoms with van der Waals surface area (Å²) in [6.07, 6.45) is 4.07. The topological polar surface area (TPSA) is 107 Å². The van der Waals surface area contributed by atoms with Gasteiger partial charge in [0.1, 0.15) is 22.8 Å². The summed E-state index contributed by atoms with van der Waals surface area (Å²) in [6, 6.07) is 9.07. The van der Waals surface area contributed by atoms with E-state index >= 15 is 0 Å². The van der Waals surface area contributed by atoms with E-state index in [1.807, 2.05) is 0 Å². The van der Waals surface area contributed by atoms with Crippen LogP contribution in [-0.4, -0.2) is 57.8 Å². The Morgan fingerprint density at radius 3 is 2.64 bits per heavy atom. The Labute approximate surface area is 206 Å². The third-order valence-electron chi connectivity index (χ3n) is 6.82. The van der Waals surface area contributed by atoms with Crippen LogP contribution in [-0.2, 0) is 17.7 Å². The van der Waals surface area contributed by atoms with Gasteiger partial charge in [-0.05, 0) is 43.9 Å². The molecule has 1 aliphatic carbocycles. The molecule has 3 heterocycles. The van der Waals surface area contributed by atoms with Crippen LogP contribution in [0.5, 0.6) is 5.75 Å². The molecule has 0 saturated heterocycles. The van der Waals surface area contributed by atoms with Gasteiger partial charge in [0.2, 0.25) is 0 Å². The van der Waals surface area contributed by atoms with Gasteiger partial charge in [0, 0.05) is 43.4 Å². The van der Waals surface area contributed by atoms with E-state index in [0.29, 0.717) is 17.0 Å². The first-order chi connectivity index (χ1) is 17.5. The normalized spacial score (nSPS) is 15.9. The van der Waals surface area contributed by atoms with Crippen LogP contribution in [0.4, 0.5) is 4.39 Å². The van der Waals surface area contributed by atoms with E-state index in [1.165, 1.54) is 29.9 Å². The lowest BCUT2D eigenvalue weighted by Gasteiger charge is -2.20. The van der Waals surface area contributed by atoms with Crippen LogP contribution in [0.3, 0.4) is 0 Å². The minimum absolute atomic E-state index is 0.0382. The smallest absolute Gasteiger partial charge is 0.343 e. The SMILES string of the molecule is COC(=O)c1c(OC2CCCC2)cc(=O)n2c1CCN(C(=O)c1cc(-c3ccccc3F)n[nH]1)CC2. The van der Waals surface area contributed by atoms with E-state index in [0.717, 1.165) is 25.7 Å². The summed E-state index contributed by atoms with van der Waals surface area (Å²) in [5, 5.41) is 6.80. The predicted molar refractivity (Wildman–Crippen MR) is 129 cm³/mol. The molecule has 1 fully saturated rings. The number of halogens is 1. The van der Waals surface area contributed by atoms with Crippen LogP contribution >= 0.6 is 0 Å². The van der Waals surface area contributed by atoms with Crippen molar-refractivity contribution in [1.29, 1.82) is 0 Å². The zero-order valence-electron chi connectivity index (χ0n) is 20.0. The summed E-state index contributed by atoms with van der Waals surface area (Å²) in [7, 11) is 1.29. The number of hydrogen-bond donors (Lipinski definition) is 1. The monoisotopic (exact) mass is 494 g/mol. The fourth-order valence-corrected chi connectivity index (χ4v) is 4.96. The van der Waals surface area contributed by atoms with E-state index in [-0.39, 0.29) is 60.6 Å². The summed E-state index contributed by atoms with van der Waals surface area (Å²) < 4.78 is 26.8. The molecule has 188 valence electrons. The minimum Gasteiger partial charge on any atom is -0.489 e. The fourth-order valence-electron chi connectivity index (χ4n) is 4.96.